The Kier molecular flexibility index (Phi) is 9.85. The fourth-order valence-electron chi connectivity index (χ4n) is 2.37. The molecular formula is C18H28IN5O2. The summed E-state index contributed by atoms with van der Waals surface area (Å²) >= 11 is 0. The van der Waals surface area contributed by atoms with Crippen molar-refractivity contribution in [1.29, 1.82) is 0 Å². The van der Waals surface area contributed by atoms with Crippen molar-refractivity contribution >= 4 is 29.9 Å². The molecule has 0 fully saturated rings. The van der Waals surface area contributed by atoms with Crippen LogP contribution in [0.3, 0.4) is 0 Å². The predicted octanol–water partition coefficient (Wildman–Crippen LogP) is 2.58. The number of rotatable bonds is 8. The average molecular weight is 473 g/mol. The summed E-state index contributed by atoms with van der Waals surface area (Å²) in [4.78, 5) is 4.63. The highest BCUT2D eigenvalue weighted by atomic mass is 127. The first-order valence-electron chi connectivity index (χ1n) is 8.38. The molecule has 144 valence electrons. The van der Waals surface area contributed by atoms with E-state index < -0.39 is 0 Å². The average Bonchev–Trinajstić information content (AvgIpc) is 3.04. The van der Waals surface area contributed by atoms with E-state index in [0.29, 0.717) is 6.54 Å². The summed E-state index contributed by atoms with van der Waals surface area (Å²) in [5.74, 6) is 2.30. The fourth-order valence-corrected chi connectivity index (χ4v) is 2.37. The summed E-state index contributed by atoms with van der Waals surface area (Å²) in [7, 11) is 3.29. The molecule has 0 spiro atoms. The number of hydrogen-bond acceptors (Lipinski definition) is 4. The van der Waals surface area contributed by atoms with Crippen molar-refractivity contribution in [3.8, 4) is 11.5 Å². The molecule has 2 rings (SSSR count). The Bertz CT molecular complexity index is 703. The number of hydrogen-bond donors (Lipinski definition) is 2. The standard InChI is InChI=1S/C18H27N5O2.HI/c1-5-19-18(20-8-9-23-13-14(2)11-22-23)21-12-15-6-7-16(24-3)10-17(15)25-4;/h6-7,10-11,13H,5,8-9,12H2,1-4H3,(H2,19,20,21);1H. The van der Waals surface area contributed by atoms with Crippen LogP contribution in [0.4, 0.5) is 0 Å². The van der Waals surface area contributed by atoms with Gasteiger partial charge in [0.2, 0.25) is 0 Å². The first-order valence-corrected chi connectivity index (χ1v) is 8.38. The number of benzene rings is 1. The lowest BCUT2D eigenvalue weighted by molar-refractivity contribution is 0.391. The maximum atomic E-state index is 5.42. The molecule has 1 heterocycles. The number of aliphatic imine (C=N–C) groups is 1. The maximum Gasteiger partial charge on any atom is 0.191 e. The van der Waals surface area contributed by atoms with Crippen LogP contribution in [0.2, 0.25) is 0 Å². The van der Waals surface area contributed by atoms with E-state index in [2.05, 4.69) is 20.7 Å². The molecule has 7 nitrogen and oxygen atoms in total. The number of ether oxygens (including phenoxy) is 2. The Balaban J connectivity index is 0.00000338. The molecule has 0 saturated heterocycles. The van der Waals surface area contributed by atoms with Crippen molar-refractivity contribution in [3.63, 3.8) is 0 Å². The lowest BCUT2D eigenvalue weighted by Crippen LogP contribution is -2.38. The first kappa shape index (κ1) is 22.1. The summed E-state index contributed by atoms with van der Waals surface area (Å²) in [5.41, 5.74) is 2.16. The molecule has 0 amide bonds. The lowest BCUT2D eigenvalue weighted by Gasteiger charge is -2.13. The van der Waals surface area contributed by atoms with Crippen molar-refractivity contribution in [2.45, 2.75) is 26.9 Å². The number of guanidine groups is 1. The summed E-state index contributed by atoms with van der Waals surface area (Å²) in [6.45, 7) is 6.92. The van der Waals surface area contributed by atoms with Crippen molar-refractivity contribution < 1.29 is 9.47 Å². The molecular weight excluding hydrogens is 445 g/mol. The van der Waals surface area contributed by atoms with E-state index in [9.17, 15) is 0 Å². The fraction of sp³-hybridized carbons (Fsp3) is 0.444. The van der Waals surface area contributed by atoms with Crippen LogP contribution in [0.15, 0.2) is 35.6 Å². The Morgan fingerprint density at radius 1 is 1.23 bits per heavy atom. The normalized spacial score (nSPS) is 10.8. The zero-order valence-corrected chi connectivity index (χ0v) is 18.1. The minimum atomic E-state index is 0. The summed E-state index contributed by atoms with van der Waals surface area (Å²) < 4.78 is 12.6. The monoisotopic (exact) mass is 473 g/mol. The predicted molar refractivity (Wildman–Crippen MR) is 115 cm³/mol. The summed E-state index contributed by atoms with van der Waals surface area (Å²) in [6.07, 6.45) is 3.88. The molecule has 0 unspecified atom stereocenters. The number of aryl methyl sites for hydroxylation is 1. The number of methoxy groups -OCH3 is 2. The van der Waals surface area contributed by atoms with Crippen molar-refractivity contribution in [2.24, 2.45) is 4.99 Å². The largest absolute Gasteiger partial charge is 0.497 e. The zero-order valence-electron chi connectivity index (χ0n) is 15.8. The van der Waals surface area contributed by atoms with E-state index in [1.807, 2.05) is 49.1 Å². The van der Waals surface area contributed by atoms with Gasteiger partial charge in [0, 0.05) is 30.9 Å². The Hall–Kier alpha value is -1.97. The van der Waals surface area contributed by atoms with Gasteiger partial charge >= 0.3 is 0 Å². The van der Waals surface area contributed by atoms with Gasteiger partial charge in [-0.1, -0.05) is 0 Å². The molecule has 0 aliphatic rings. The van der Waals surface area contributed by atoms with E-state index in [0.717, 1.165) is 48.2 Å². The molecule has 0 aliphatic carbocycles. The second kappa shape index (κ2) is 11.6. The molecule has 26 heavy (non-hydrogen) atoms. The van der Waals surface area contributed by atoms with Crippen molar-refractivity contribution in [2.75, 3.05) is 27.3 Å². The molecule has 0 radical (unpaired) electrons. The molecule has 2 N–H and O–H groups in total. The molecule has 0 aliphatic heterocycles. The SMILES string of the molecule is CCNC(=NCc1ccc(OC)cc1OC)NCCn1cc(C)cn1.I. The highest BCUT2D eigenvalue weighted by molar-refractivity contribution is 14.0. The van der Waals surface area contributed by atoms with Crippen LogP contribution < -0.4 is 20.1 Å². The van der Waals surface area contributed by atoms with Gasteiger partial charge in [-0.25, -0.2) is 4.99 Å². The van der Waals surface area contributed by atoms with Gasteiger partial charge in [0.15, 0.2) is 5.96 Å². The van der Waals surface area contributed by atoms with Gasteiger partial charge in [-0.3, -0.25) is 4.68 Å². The topological polar surface area (TPSA) is 72.7 Å². The van der Waals surface area contributed by atoms with Gasteiger partial charge in [0.1, 0.15) is 11.5 Å². The van der Waals surface area contributed by atoms with Crippen LogP contribution >= 0.6 is 24.0 Å². The Morgan fingerprint density at radius 2 is 2.04 bits per heavy atom. The van der Waals surface area contributed by atoms with Crippen LogP contribution in [0.25, 0.3) is 0 Å². The highest BCUT2D eigenvalue weighted by Crippen LogP contribution is 2.25. The molecule has 0 atom stereocenters. The van der Waals surface area contributed by atoms with Crippen LogP contribution in [0.5, 0.6) is 11.5 Å². The van der Waals surface area contributed by atoms with Gasteiger partial charge < -0.3 is 20.1 Å². The quantitative estimate of drug-likeness (QED) is 0.351. The molecule has 1 aromatic carbocycles. The molecule has 0 saturated carbocycles. The second-order valence-electron chi connectivity index (χ2n) is 5.58. The number of nitrogens with zero attached hydrogens (tertiary/aromatic N) is 3. The van der Waals surface area contributed by atoms with E-state index >= 15 is 0 Å². The number of halogens is 1. The third-order valence-corrected chi connectivity index (χ3v) is 3.64. The minimum Gasteiger partial charge on any atom is -0.497 e. The van der Waals surface area contributed by atoms with Gasteiger partial charge in [-0.05, 0) is 31.5 Å². The van der Waals surface area contributed by atoms with Crippen molar-refractivity contribution in [1.82, 2.24) is 20.4 Å². The van der Waals surface area contributed by atoms with Crippen molar-refractivity contribution in [3.05, 3.63) is 41.7 Å². The Labute approximate surface area is 172 Å². The smallest absolute Gasteiger partial charge is 0.191 e. The second-order valence-corrected chi connectivity index (χ2v) is 5.58. The maximum absolute atomic E-state index is 5.42. The van der Waals surface area contributed by atoms with Gasteiger partial charge in [0.05, 0.1) is 33.5 Å². The van der Waals surface area contributed by atoms with E-state index in [4.69, 9.17) is 9.47 Å². The van der Waals surface area contributed by atoms with Gasteiger partial charge in [0.25, 0.3) is 0 Å². The molecule has 1 aromatic heterocycles. The van der Waals surface area contributed by atoms with Crippen LogP contribution in [0.1, 0.15) is 18.1 Å². The van der Waals surface area contributed by atoms with E-state index in [1.165, 1.54) is 0 Å². The Morgan fingerprint density at radius 3 is 2.65 bits per heavy atom. The van der Waals surface area contributed by atoms with Crippen LogP contribution in [-0.4, -0.2) is 43.0 Å². The van der Waals surface area contributed by atoms with Gasteiger partial charge in [-0.2, -0.15) is 5.10 Å². The first-order chi connectivity index (χ1) is 12.2. The lowest BCUT2D eigenvalue weighted by atomic mass is 10.2. The van der Waals surface area contributed by atoms with Crippen LogP contribution in [0, 0.1) is 6.92 Å². The zero-order chi connectivity index (χ0) is 18.1. The minimum absolute atomic E-state index is 0. The van der Waals surface area contributed by atoms with E-state index in [-0.39, 0.29) is 24.0 Å². The third-order valence-electron chi connectivity index (χ3n) is 3.64. The highest BCUT2D eigenvalue weighted by Gasteiger charge is 2.05. The number of nitrogens with one attached hydrogen (secondary N) is 2. The summed E-state index contributed by atoms with van der Waals surface area (Å²) in [6, 6.07) is 5.75. The number of aromatic nitrogens is 2. The molecule has 2 aromatic rings. The third kappa shape index (κ3) is 6.74. The summed E-state index contributed by atoms with van der Waals surface area (Å²) in [5, 5.41) is 10.8. The van der Waals surface area contributed by atoms with Gasteiger partial charge in [-0.15, -0.1) is 24.0 Å². The molecule has 8 heteroatoms. The van der Waals surface area contributed by atoms with Crippen LogP contribution in [-0.2, 0) is 13.1 Å². The van der Waals surface area contributed by atoms with E-state index in [1.54, 1.807) is 14.2 Å². The molecule has 0 bridgehead atoms.